The highest BCUT2D eigenvalue weighted by Gasteiger charge is 2.10. The fourth-order valence-electron chi connectivity index (χ4n) is 1.56. The van der Waals surface area contributed by atoms with Crippen LogP contribution < -0.4 is 5.32 Å². The van der Waals surface area contributed by atoms with Crippen molar-refractivity contribution in [3.8, 4) is 0 Å². The Kier molecular flexibility index (Phi) is 5.75. The van der Waals surface area contributed by atoms with Gasteiger partial charge in [0.15, 0.2) is 6.61 Å². The van der Waals surface area contributed by atoms with Gasteiger partial charge in [-0.05, 0) is 65.1 Å². The van der Waals surface area contributed by atoms with Crippen LogP contribution in [-0.2, 0) is 9.53 Å². The van der Waals surface area contributed by atoms with Crippen molar-refractivity contribution in [2.45, 2.75) is 0 Å². The Labute approximate surface area is 144 Å². The van der Waals surface area contributed by atoms with Crippen molar-refractivity contribution in [2.24, 2.45) is 0 Å². The minimum absolute atomic E-state index is 0.319. The van der Waals surface area contributed by atoms with E-state index >= 15 is 0 Å². The van der Waals surface area contributed by atoms with Gasteiger partial charge in [0.1, 0.15) is 0 Å². The summed E-state index contributed by atoms with van der Waals surface area (Å²) >= 11 is 5.42. The number of amides is 1. The van der Waals surface area contributed by atoms with Gasteiger partial charge in [0.05, 0.1) is 5.56 Å². The Morgan fingerprint density at radius 2 is 1.86 bits per heavy atom. The highest BCUT2D eigenvalue weighted by atomic mass is 127. The van der Waals surface area contributed by atoms with Crippen molar-refractivity contribution in [3.05, 3.63) is 62.1 Å². The number of carbonyl (C=O) groups excluding carboxylic acids is 2. The third-order valence-electron chi connectivity index (χ3n) is 2.52. The van der Waals surface area contributed by atoms with Gasteiger partial charge < -0.3 is 10.1 Å². The van der Waals surface area contributed by atoms with Crippen molar-refractivity contribution in [2.75, 3.05) is 11.9 Å². The van der Waals surface area contributed by atoms with Crippen molar-refractivity contribution >= 4 is 56.1 Å². The monoisotopic (exact) mass is 459 g/mol. The van der Waals surface area contributed by atoms with Crippen LogP contribution in [0.5, 0.6) is 0 Å². The molecule has 0 heterocycles. The van der Waals surface area contributed by atoms with Crippen molar-refractivity contribution < 1.29 is 14.3 Å². The Bertz CT molecular complexity index is 658. The number of nitrogens with one attached hydrogen (secondary N) is 1. The largest absolute Gasteiger partial charge is 0.452 e. The molecule has 0 radical (unpaired) electrons. The molecule has 6 heteroatoms. The molecule has 0 fully saturated rings. The number of hydrogen-bond donors (Lipinski definition) is 1. The Balaban J connectivity index is 1.86. The van der Waals surface area contributed by atoms with Gasteiger partial charge in [-0.25, -0.2) is 4.79 Å². The lowest BCUT2D eigenvalue weighted by Gasteiger charge is -2.07. The maximum Gasteiger partial charge on any atom is 0.338 e. The summed E-state index contributed by atoms with van der Waals surface area (Å²) in [6, 6.07) is 14.1. The van der Waals surface area contributed by atoms with Gasteiger partial charge in [-0.3, -0.25) is 4.79 Å². The van der Waals surface area contributed by atoms with Gasteiger partial charge in [-0.1, -0.05) is 22.0 Å². The van der Waals surface area contributed by atoms with Crippen molar-refractivity contribution in [1.29, 1.82) is 0 Å². The second-order valence-electron chi connectivity index (χ2n) is 4.14. The summed E-state index contributed by atoms with van der Waals surface area (Å²) in [4.78, 5) is 23.5. The van der Waals surface area contributed by atoms with E-state index < -0.39 is 5.97 Å². The number of benzene rings is 2. The highest BCUT2D eigenvalue weighted by molar-refractivity contribution is 14.1. The molecule has 0 saturated carbocycles. The highest BCUT2D eigenvalue weighted by Crippen LogP contribution is 2.14. The van der Waals surface area contributed by atoms with Crippen LogP contribution in [0.25, 0.3) is 0 Å². The average Bonchev–Trinajstić information content (AvgIpc) is 2.47. The molecular weight excluding hydrogens is 449 g/mol. The van der Waals surface area contributed by atoms with Gasteiger partial charge in [-0.15, -0.1) is 0 Å². The van der Waals surface area contributed by atoms with E-state index in [1.807, 2.05) is 18.2 Å². The van der Waals surface area contributed by atoms with Crippen molar-refractivity contribution in [1.82, 2.24) is 0 Å². The molecule has 0 unspecified atom stereocenters. The number of halogens is 2. The summed E-state index contributed by atoms with van der Waals surface area (Å²) in [5.74, 6) is -0.893. The van der Waals surface area contributed by atoms with E-state index in [4.69, 9.17) is 4.74 Å². The number of hydrogen-bond acceptors (Lipinski definition) is 3. The van der Waals surface area contributed by atoms with Gasteiger partial charge in [0, 0.05) is 13.7 Å². The minimum atomic E-state index is -0.514. The molecule has 0 aliphatic carbocycles. The van der Waals surface area contributed by atoms with E-state index in [2.05, 4.69) is 43.8 Å². The molecule has 0 aliphatic rings. The lowest BCUT2D eigenvalue weighted by atomic mass is 10.2. The molecule has 0 bridgehead atoms. The zero-order valence-corrected chi connectivity index (χ0v) is 14.6. The van der Waals surface area contributed by atoms with Crippen LogP contribution >= 0.6 is 38.5 Å². The van der Waals surface area contributed by atoms with Crippen LogP contribution in [0.4, 0.5) is 5.69 Å². The summed E-state index contributed by atoms with van der Waals surface area (Å²) < 4.78 is 6.83. The normalized spacial score (nSPS) is 10.0. The Morgan fingerprint density at radius 1 is 1.14 bits per heavy atom. The molecule has 2 rings (SSSR count). The van der Waals surface area contributed by atoms with Gasteiger partial charge in [-0.2, -0.15) is 0 Å². The first kappa shape index (κ1) is 16.0. The van der Waals surface area contributed by atoms with Crippen LogP contribution in [0.3, 0.4) is 0 Å². The predicted octanol–water partition coefficient (Wildman–Crippen LogP) is 3.85. The Morgan fingerprint density at radius 3 is 2.52 bits per heavy atom. The second-order valence-corrected chi connectivity index (χ2v) is 6.30. The standard InChI is InChI=1S/C15H11BrINO3/c16-11-4-6-13(7-5-11)18-14(19)9-21-15(20)10-2-1-3-12(17)8-10/h1-8H,9H2,(H,18,19). The lowest BCUT2D eigenvalue weighted by molar-refractivity contribution is -0.119. The molecule has 108 valence electrons. The van der Waals surface area contributed by atoms with E-state index in [0.29, 0.717) is 11.3 Å². The first-order chi connectivity index (χ1) is 10.0. The van der Waals surface area contributed by atoms with Crippen LogP contribution in [0.15, 0.2) is 53.0 Å². The third-order valence-corrected chi connectivity index (χ3v) is 3.72. The number of carbonyl (C=O) groups is 2. The molecule has 2 aromatic rings. The summed E-state index contributed by atoms with van der Waals surface area (Å²) in [6.07, 6.45) is 0. The van der Waals surface area contributed by atoms with Crippen molar-refractivity contribution in [3.63, 3.8) is 0 Å². The smallest absolute Gasteiger partial charge is 0.338 e. The Hall–Kier alpha value is -1.41. The quantitative estimate of drug-likeness (QED) is 0.558. The molecular formula is C15H11BrINO3. The fraction of sp³-hybridized carbons (Fsp3) is 0.0667. The maximum atomic E-state index is 11.8. The molecule has 1 N–H and O–H groups in total. The summed E-state index contributed by atoms with van der Waals surface area (Å²) in [7, 11) is 0. The molecule has 0 saturated heterocycles. The SMILES string of the molecule is O=C(COC(=O)c1cccc(I)c1)Nc1ccc(Br)cc1. The van der Waals surface area contributed by atoms with E-state index in [1.54, 1.807) is 30.3 Å². The lowest BCUT2D eigenvalue weighted by Crippen LogP contribution is -2.20. The summed E-state index contributed by atoms with van der Waals surface area (Å²) in [5, 5.41) is 2.65. The van der Waals surface area contributed by atoms with Crippen LogP contribution in [0.1, 0.15) is 10.4 Å². The molecule has 0 aliphatic heterocycles. The van der Waals surface area contributed by atoms with Gasteiger partial charge in [0.2, 0.25) is 0 Å². The molecule has 21 heavy (non-hydrogen) atoms. The van der Waals surface area contributed by atoms with E-state index in [1.165, 1.54) is 0 Å². The maximum absolute atomic E-state index is 11.8. The number of esters is 1. The molecule has 0 spiro atoms. The number of rotatable bonds is 4. The second kappa shape index (κ2) is 7.56. The van der Waals surface area contributed by atoms with Crippen LogP contribution in [0.2, 0.25) is 0 Å². The first-order valence-corrected chi connectivity index (χ1v) is 7.90. The molecule has 0 atom stereocenters. The predicted molar refractivity (Wildman–Crippen MR) is 92.2 cm³/mol. The summed E-state index contributed by atoms with van der Waals surface area (Å²) in [6.45, 7) is -0.319. The zero-order chi connectivity index (χ0) is 15.2. The van der Waals surface area contributed by atoms with Crippen LogP contribution in [-0.4, -0.2) is 18.5 Å². The number of ether oxygens (including phenoxy) is 1. The summed E-state index contributed by atoms with van der Waals surface area (Å²) in [5.41, 5.74) is 1.08. The van der Waals surface area contributed by atoms with E-state index in [0.717, 1.165) is 8.04 Å². The zero-order valence-electron chi connectivity index (χ0n) is 10.8. The fourth-order valence-corrected chi connectivity index (χ4v) is 2.37. The molecule has 0 aromatic heterocycles. The molecule has 1 amide bonds. The van der Waals surface area contributed by atoms with E-state index in [-0.39, 0.29) is 12.5 Å². The van der Waals surface area contributed by atoms with Crippen LogP contribution in [0, 0.1) is 3.57 Å². The molecule has 4 nitrogen and oxygen atoms in total. The average molecular weight is 460 g/mol. The topological polar surface area (TPSA) is 55.4 Å². The number of anilines is 1. The van der Waals surface area contributed by atoms with Gasteiger partial charge in [0.25, 0.3) is 5.91 Å². The molecule has 2 aromatic carbocycles. The minimum Gasteiger partial charge on any atom is -0.452 e. The van der Waals surface area contributed by atoms with E-state index in [9.17, 15) is 9.59 Å². The first-order valence-electron chi connectivity index (χ1n) is 6.03. The van der Waals surface area contributed by atoms with Gasteiger partial charge >= 0.3 is 5.97 Å². The third kappa shape index (κ3) is 5.13.